The molecule has 3 heteroatoms. The van der Waals surface area contributed by atoms with Crippen LogP contribution in [0.15, 0.2) is 0 Å². The van der Waals surface area contributed by atoms with E-state index in [0.29, 0.717) is 17.4 Å². The molecule has 92 valence electrons. The Labute approximate surface area is 103 Å². The molecule has 2 nitrogen and oxygen atoms in total. The van der Waals surface area contributed by atoms with Crippen molar-refractivity contribution in [2.75, 3.05) is 18.1 Å². The maximum atomic E-state index is 6.53. The average molecular weight is 241 g/mol. The smallest absolute Gasteiger partial charge is 0.121 e. The van der Waals surface area contributed by atoms with E-state index >= 15 is 0 Å². The molecule has 1 saturated carbocycles. The van der Waals surface area contributed by atoms with Crippen LogP contribution in [0.3, 0.4) is 0 Å². The molecule has 0 amide bonds. The Bertz CT molecular complexity index is 269. The molecule has 0 radical (unpaired) electrons. The second kappa shape index (κ2) is 3.89. The van der Waals surface area contributed by atoms with Crippen molar-refractivity contribution in [3.05, 3.63) is 0 Å². The zero-order chi connectivity index (χ0) is 11.2. The van der Waals surface area contributed by atoms with Crippen LogP contribution in [0.4, 0.5) is 0 Å². The summed E-state index contributed by atoms with van der Waals surface area (Å²) in [6, 6.07) is 0. The Morgan fingerprint density at radius 1 is 1.19 bits per heavy atom. The molecule has 1 aliphatic carbocycles. The summed E-state index contributed by atoms with van der Waals surface area (Å²) in [5.74, 6) is 3.17. The van der Waals surface area contributed by atoms with E-state index in [2.05, 4.69) is 30.9 Å². The number of hydrogen-bond donors (Lipinski definition) is 1. The Hall–Kier alpha value is 0.270. The SMILES string of the molecule is CC(C)C1OC2(CCSCC2)NCC12CC2. The summed E-state index contributed by atoms with van der Waals surface area (Å²) in [6.45, 7) is 5.84. The molecule has 0 aromatic rings. The van der Waals surface area contributed by atoms with E-state index in [-0.39, 0.29) is 5.72 Å². The maximum Gasteiger partial charge on any atom is 0.121 e. The molecular formula is C13H23NOS. The summed E-state index contributed by atoms with van der Waals surface area (Å²) >= 11 is 2.07. The third kappa shape index (κ3) is 1.81. The summed E-state index contributed by atoms with van der Waals surface area (Å²) in [4.78, 5) is 0. The van der Waals surface area contributed by atoms with Crippen LogP contribution in [-0.4, -0.2) is 29.9 Å². The molecule has 2 spiro atoms. The molecule has 0 aromatic heterocycles. The monoisotopic (exact) mass is 241 g/mol. The van der Waals surface area contributed by atoms with Gasteiger partial charge in [0, 0.05) is 12.0 Å². The van der Waals surface area contributed by atoms with Crippen LogP contribution in [0, 0.1) is 11.3 Å². The highest BCUT2D eigenvalue weighted by molar-refractivity contribution is 7.99. The van der Waals surface area contributed by atoms with Crippen LogP contribution in [0.25, 0.3) is 0 Å². The molecule has 2 heterocycles. The lowest BCUT2D eigenvalue weighted by molar-refractivity contribution is -0.190. The van der Waals surface area contributed by atoms with Crippen LogP contribution in [0.2, 0.25) is 0 Å². The molecular weight excluding hydrogens is 218 g/mol. The van der Waals surface area contributed by atoms with Crippen molar-refractivity contribution in [1.82, 2.24) is 5.32 Å². The normalized spacial score (nSPS) is 35.8. The Morgan fingerprint density at radius 3 is 2.44 bits per heavy atom. The number of thioether (sulfide) groups is 1. The Balaban J connectivity index is 1.75. The van der Waals surface area contributed by atoms with Gasteiger partial charge in [0.2, 0.25) is 0 Å². The van der Waals surface area contributed by atoms with Gasteiger partial charge in [-0.1, -0.05) is 13.8 Å². The van der Waals surface area contributed by atoms with Crippen molar-refractivity contribution >= 4 is 11.8 Å². The van der Waals surface area contributed by atoms with Crippen LogP contribution >= 0.6 is 11.8 Å². The van der Waals surface area contributed by atoms with Crippen molar-refractivity contribution in [2.24, 2.45) is 11.3 Å². The fourth-order valence-electron chi connectivity index (χ4n) is 3.31. The van der Waals surface area contributed by atoms with Crippen LogP contribution in [0.1, 0.15) is 39.5 Å². The Morgan fingerprint density at radius 2 is 1.88 bits per heavy atom. The van der Waals surface area contributed by atoms with Crippen molar-refractivity contribution in [1.29, 1.82) is 0 Å². The first-order valence-electron chi connectivity index (χ1n) is 6.67. The van der Waals surface area contributed by atoms with E-state index < -0.39 is 0 Å². The topological polar surface area (TPSA) is 21.3 Å². The lowest BCUT2D eigenvalue weighted by atomic mass is 9.86. The van der Waals surface area contributed by atoms with Gasteiger partial charge in [-0.05, 0) is 43.1 Å². The van der Waals surface area contributed by atoms with Crippen LogP contribution < -0.4 is 5.32 Å². The van der Waals surface area contributed by atoms with Crippen molar-refractivity contribution in [3.63, 3.8) is 0 Å². The molecule has 1 N–H and O–H groups in total. The van der Waals surface area contributed by atoms with Crippen LogP contribution in [0.5, 0.6) is 0 Å². The van der Waals surface area contributed by atoms with E-state index in [1.807, 2.05) is 0 Å². The van der Waals surface area contributed by atoms with E-state index in [1.165, 1.54) is 43.7 Å². The summed E-state index contributed by atoms with van der Waals surface area (Å²) in [5, 5.41) is 3.74. The van der Waals surface area contributed by atoms with Crippen LogP contribution in [-0.2, 0) is 4.74 Å². The quantitative estimate of drug-likeness (QED) is 0.762. The number of nitrogens with one attached hydrogen (secondary N) is 1. The van der Waals surface area contributed by atoms with Gasteiger partial charge in [-0.2, -0.15) is 11.8 Å². The summed E-state index contributed by atoms with van der Waals surface area (Å²) in [7, 11) is 0. The van der Waals surface area contributed by atoms with Crippen molar-refractivity contribution < 1.29 is 4.74 Å². The van der Waals surface area contributed by atoms with Gasteiger partial charge in [-0.3, -0.25) is 5.32 Å². The number of hydrogen-bond acceptors (Lipinski definition) is 3. The first kappa shape index (κ1) is 11.4. The minimum atomic E-state index is 0.0357. The highest BCUT2D eigenvalue weighted by Crippen LogP contribution is 2.55. The van der Waals surface area contributed by atoms with Gasteiger partial charge in [0.1, 0.15) is 5.72 Å². The summed E-state index contributed by atoms with van der Waals surface area (Å²) in [6.07, 6.45) is 5.62. The van der Waals surface area contributed by atoms with Gasteiger partial charge in [0.05, 0.1) is 6.10 Å². The highest BCUT2D eigenvalue weighted by atomic mass is 32.2. The average Bonchev–Trinajstić information content (AvgIpc) is 3.05. The third-order valence-electron chi connectivity index (χ3n) is 4.52. The van der Waals surface area contributed by atoms with E-state index in [0.717, 1.165) is 0 Å². The van der Waals surface area contributed by atoms with Gasteiger partial charge in [0.15, 0.2) is 0 Å². The van der Waals surface area contributed by atoms with Gasteiger partial charge in [-0.25, -0.2) is 0 Å². The second-order valence-corrected chi connectivity index (χ2v) is 7.33. The minimum Gasteiger partial charge on any atom is -0.356 e. The molecule has 0 bridgehead atoms. The fraction of sp³-hybridized carbons (Fsp3) is 1.00. The zero-order valence-electron chi connectivity index (χ0n) is 10.4. The van der Waals surface area contributed by atoms with Crippen molar-refractivity contribution in [3.8, 4) is 0 Å². The lowest BCUT2D eigenvalue weighted by Gasteiger charge is -2.49. The van der Waals surface area contributed by atoms with Gasteiger partial charge >= 0.3 is 0 Å². The van der Waals surface area contributed by atoms with Gasteiger partial charge in [0.25, 0.3) is 0 Å². The predicted octanol–water partition coefficient (Wildman–Crippen LogP) is 2.63. The van der Waals surface area contributed by atoms with Gasteiger partial charge < -0.3 is 4.74 Å². The number of ether oxygens (including phenoxy) is 1. The molecule has 1 unspecified atom stereocenters. The molecule has 2 aliphatic heterocycles. The molecule has 0 aromatic carbocycles. The molecule has 1 atom stereocenters. The minimum absolute atomic E-state index is 0.0357. The zero-order valence-corrected chi connectivity index (χ0v) is 11.2. The van der Waals surface area contributed by atoms with Crippen molar-refractivity contribution in [2.45, 2.75) is 51.4 Å². The fourth-order valence-corrected chi connectivity index (χ4v) is 4.46. The predicted molar refractivity (Wildman–Crippen MR) is 68.7 cm³/mol. The maximum absolute atomic E-state index is 6.53. The third-order valence-corrected chi connectivity index (χ3v) is 5.50. The summed E-state index contributed by atoms with van der Waals surface area (Å²) < 4.78 is 6.53. The summed E-state index contributed by atoms with van der Waals surface area (Å²) in [5.41, 5.74) is 0.540. The van der Waals surface area contributed by atoms with E-state index in [4.69, 9.17) is 4.74 Å². The van der Waals surface area contributed by atoms with Gasteiger partial charge in [-0.15, -0.1) is 0 Å². The van der Waals surface area contributed by atoms with E-state index in [9.17, 15) is 0 Å². The molecule has 3 fully saturated rings. The first-order valence-corrected chi connectivity index (χ1v) is 7.82. The highest BCUT2D eigenvalue weighted by Gasteiger charge is 2.57. The Kier molecular flexibility index (Phi) is 2.76. The largest absolute Gasteiger partial charge is 0.356 e. The number of rotatable bonds is 1. The molecule has 2 saturated heterocycles. The lowest BCUT2D eigenvalue weighted by Crippen LogP contribution is -2.61. The molecule has 16 heavy (non-hydrogen) atoms. The standard InChI is InChI=1S/C13H23NOS/c1-10(2)11-12(3-4-12)9-14-13(15-11)5-7-16-8-6-13/h10-11,14H,3-9H2,1-2H3. The second-order valence-electron chi connectivity index (χ2n) is 6.11. The molecule has 3 rings (SSSR count). The molecule has 3 aliphatic rings. The van der Waals surface area contributed by atoms with E-state index in [1.54, 1.807) is 0 Å². The first-order chi connectivity index (χ1) is 7.66.